The standard InChI is InChI=1S/C16H18N4O2/c1-10(15-19-18-14-3-2-7-20(14)15)17-16(21)12-4-5-13-11(9-12)6-8-22-13/h4-5,9-10H,2-3,6-8H2,1H3,(H,17,21). The van der Waals surface area contributed by atoms with E-state index >= 15 is 0 Å². The molecular formula is C16H18N4O2. The zero-order chi connectivity index (χ0) is 15.1. The largest absolute Gasteiger partial charge is 0.493 e. The summed E-state index contributed by atoms with van der Waals surface area (Å²) in [6.07, 6.45) is 2.94. The number of aromatic nitrogens is 3. The molecule has 0 aliphatic carbocycles. The van der Waals surface area contributed by atoms with Crippen molar-refractivity contribution in [3.8, 4) is 5.75 Å². The van der Waals surface area contributed by atoms with Gasteiger partial charge < -0.3 is 14.6 Å². The minimum atomic E-state index is -0.156. The molecule has 6 nitrogen and oxygen atoms in total. The van der Waals surface area contributed by atoms with Crippen LogP contribution in [0, 0.1) is 0 Å². The van der Waals surface area contributed by atoms with Gasteiger partial charge in [0.1, 0.15) is 11.6 Å². The monoisotopic (exact) mass is 298 g/mol. The molecule has 0 spiro atoms. The Morgan fingerprint density at radius 3 is 3.18 bits per heavy atom. The summed E-state index contributed by atoms with van der Waals surface area (Å²) in [4.78, 5) is 12.4. The second-order valence-corrected chi connectivity index (χ2v) is 5.85. The average molecular weight is 298 g/mol. The second-order valence-electron chi connectivity index (χ2n) is 5.85. The van der Waals surface area contributed by atoms with Crippen LogP contribution in [0.1, 0.15) is 47.0 Å². The fraction of sp³-hybridized carbons (Fsp3) is 0.438. The Labute approximate surface area is 128 Å². The van der Waals surface area contributed by atoms with Crippen molar-refractivity contribution in [2.75, 3.05) is 6.61 Å². The van der Waals surface area contributed by atoms with Crippen LogP contribution in [0.2, 0.25) is 0 Å². The third-order valence-corrected chi connectivity index (χ3v) is 4.32. The summed E-state index contributed by atoms with van der Waals surface area (Å²) in [6.45, 7) is 3.58. The van der Waals surface area contributed by atoms with Gasteiger partial charge in [-0.1, -0.05) is 0 Å². The van der Waals surface area contributed by atoms with Crippen molar-refractivity contribution >= 4 is 5.91 Å². The number of carbonyl (C=O) groups is 1. The van der Waals surface area contributed by atoms with E-state index in [1.807, 2.05) is 19.1 Å². The number of hydrogen-bond donors (Lipinski definition) is 1. The lowest BCUT2D eigenvalue weighted by atomic mass is 10.1. The van der Waals surface area contributed by atoms with E-state index in [1.165, 1.54) is 0 Å². The molecule has 0 fully saturated rings. The molecule has 4 rings (SSSR count). The van der Waals surface area contributed by atoms with Gasteiger partial charge in [-0.05, 0) is 37.1 Å². The van der Waals surface area contributed by atoms with E-state index in [0.29, 0.717) is 12.2 Å². The topological polar surface area (TPSA) is 69.0 Å². The van der Waals surface area contributed by atoms with Crippen molar-refractivity contribution in [1.29, 1.82) is 0 Å². The first kappa shape index (κ1) is 13.3. The van der Waals surface area contributed by atoms with E-state index < -0.39 is 0 Å². The Morgan fingerprint density at radius 1 is 1.36 bits per heavy atom. The first-order valence-electron chi connectivity index (χ1n) is 7.71. The van der Waals surface area contributed by atoms with Crippen LogP contribution in [-0.2, 0) is 19.4 Å². The minimum Gasteiger partial charge on any atom is -0.493 e. The SMILES string of the molecule is CC(NC(=O)c1ccc2c(c1)CCO2)c1nnc2n1CCC2. The zero-order valence-electron chi connectivity index (χ0n) is 12.5. The van der Waals surface area contributed by atoms with Crippen LogP contribution in [0.3, 0.4) is 0 Å². The Hall–Kier alpha value is -2.37. The summed E-state index contributed by atoms with van der Waals surface area (Å²) in [5.41, 5.74) is 1.76. The Bertz CT molecular complexity index is 738. The molecule has 1 N–H and O–H groups in total. The first-order valence-corrected chi connectivity index (χ1v) is 7.71. The van der Waals surface area contributed by atoms with Gasteiger partial charge in [0, 0.05) is 24.9 Å². The lowest BCUT2D eigenvalue weighted by Gasteiger charge is -2.14. The molecular weight excluding hydrogens is 280 g/mol. The minimum absolute atomic E-state index is 0.0856. The number of nitrogens with zero attached hydrogens (tertiary/aromatic N) is 3. The molecule has 22 heavy (non-hydrogen) atoms. The van der Waals surface area contributed by atoms with Crippen LogP contribution in [0.5, 0.6) is 5.75 Å². The number of rotatable bonds is 3. The maximum atomic E-state index is 12.4. The Balaban J connectivity index is 1.51. The molecule has 114 valence electrons. The van der Waals surface area contributed by atoms with Crippen molar-refractivity contribution in [2.24, 2.45) is 0 Å². The molecule has 0 bridgehead atoms. The van der Waals surface area contributed by atoms with Gasteiger partial charge in [0.05, 0.1) is 12.6 Å². The van der Waals surface area contributed by atoms with E-state index in [2.05, 4.69) is 20.1 Å². The number of carbonyl (C=O) groups excluding carboxylic acids is 1. The van der Waals surface area contributed by atoms with Crippen molar-refractivity contribution in [2.45, 2.75) is 38.8 Å². The highest BCUT2D eigenvalue weighted by Gasteiger charge is 2.23. The predicted octanol–water partition coefficient (Wildman–Crippen LogP) is 1.65. The van der Waals surface area contributed by atoms with Crippen molar-refractivity contribution in [1.82, 2.24) is 20.1 Å². The summed E-state index contributed by atoms with van der Waals surface area (Å²) < 4.78 is 7.58. The van der Waals surface area contributed by atoms with Crippen LogP contribution in [-0.4, -0.2) is 27.3 Å². The number of nitrogens with one attached hydrogen (secondary N) is 1. The van der Waals surface area contributed by atoms with Gasteiger partial charge in [0.25, 0.3) is 5.91 Å². The highest BCUT2D eigenvalue weighted by molar-refractivity contribution is 5.94. The van der Waals surface area contributed by atoms with E-state index in [9.17, 15) is 4.79 Å². The van der Waals surface area contributed by atoms with E-state index in [1.54, 1.807) is 6.07 Å². The Morgan fingerprint density at radius 2 is 2.27 bits per heavy atom. The zero-order valence-corrected chi connectivity index (χ0v) is 12.5. The average Bonchev–Trinajstić information content (AvgIpc) is 3.22. The summed E-state index contributed by atoms with van der Waals surface area (Å²) in [5.74, 6) is 2.66. The predicted molar refractivity (Wildman–Crippen MR) is 79.9 cm³/mol. The number of amides is 1. The molecule has 2 aromatic rings. The Kier molecular flexibility index (Phi) is 3.10. The fourth-order valence-corrected chi connectivity index (χ4v) is 3.17. The molecule has 2 aliphatic heterocycles. The van der Waals surface area contributed by atoms with Gasteiger partial charge in [-0.25, -0.2) is 0 Å². The van der Waals surface area contributed by atoms with Gasteiger partial charge in [-0.2, -0.15) is 0 Å². The molecule has 0 saturated carbocycles. The van der Waals surface area contributed by atoms with E-state index in [-0.39, 0.29) is 11.9 Å². The number of benzene rings is 1. The van der Waals surface area contributed by atoms with Gasteiger partial charge >= 0.3 is 0 Å². The summed E-state index contributed by atoms with van der Waals surface area (Å²) >= 11 is 0. The molecule has 1 aromatic carbocycles. The maximum absolute atomic E-state index is 12.4. The van der Waals surface area contributed by atoms with Crippen molar-refractivity contribution < 1.29 is 9.53 Å². The molecule has 3 heterocycles. The summed E-state index contributed by atoms with van der Waals surface area (Å²) in [6, 6.07) is 5.44. The molecule has 0 radical (unpaired) electrons. The number of fused-ring (bicyclic) bond motifs is 2. The van der Waals surface area contributed by atoms with Crippen LogP contribution in [0.15, 0.2) is 18.2 Å². The normalized spacial score (nSPS) is 16.8. The third kappa shape index (κ3) is 2.15. The van der Waals surface area contributed by atoms with Crippen molar-refractivity contribution in [3.05, 3.63) is 41.0 Å². The molecule has 6 heteroatoms. The maximum Gasteiger partial charge on any atom is 0.251 e. The fourth-order valence-electron chi connectivity index (χ4n) is 3.17. The molecule has 0 saturated heterocycles. The van der Waals surface area contributed by atoms with Crippen LogP contribution in [0.4, 0.5) is 0 Å². The number of ether oxygens (including phenoxy) is 1. The lowest BCUT2D eigenvalue weighted by molar-refractivity contribution is 0.0937. The molecule has 1 aromatic heterocycles. The quantitative estimate of drug-likeness (QED) is 0.935. The van der Waals surface area contributed by atoms with Crippen molar-refractivity contribution in [3.63, 3.8) is 0 Å². The van der Waals surface area contributed by atoms with Gasteiger partial charge in [0.15, 0.2) is 5.82 Å². The van der Waals surface area contributed by atoms with Crippen LogP contribution >= 0.6 is 0 Å². The van der Waals surface area contributed by atoms with Gasteiger partial charge in [-0.3, -0.25) is 4.79 Å². The third-order valence-electron chi connectivity index (χ3n) is 4.32. The van der Waals surface area contributed by atoms with Crippen LogP contribution in [0.25, 0.3) is 0 Å². The van der Waals surface area contributed by atoms with E-state index in [0.717, 1.165) is 48.8 Å². The first-order chi connectivity index (χ1) is 10.7. The van der Waals surface area contributed by atoms with E-state index in [4.69, 9.17) is 4.74 Å². The smallest absolute Gasteiger partial charge is 0.251 e. The van der Waals surface area contributed by atoms with Crippen LogP contribution < -0.4 is 10.1 Å². The summed E-state index contributed by atoms with van der Waals surface area (Å²) in [5, 5.41) is 11.4. The molecule has 2 aliphatic rings. The second kappa shape index (κ2) is 5.12. The highest BCUT2D eigenvalue weighted by Crippen LogP contribution is 2.26. The highest BCUT2D eigenvalue weighted by atomic mass is 16.5. The molecule has 1 unspecified atom stereocenters. The number of hydrogen-bond acceptors (Lipinski definition) is 4. The van der Waals surface area contributed by atoms with Gasteiger partial charge in [0.2, 0.25) is 0 Å². The lowest BCUT2D eigenvalue weighted by Crippen LogP contribution is -2.28. The number of aryl methyl sites for hydroxylation is 1. The molecule has 1 amide bonds. The molecule has 1 atom stereocenters. The van der Waals surface area contributed by atoms with Gasteiger partial charge in [-0.15, -0.1) is 10.2 Å². The summed E-state index contributed by atoms with van der Waals surface area (Å²) in [7, 11) is 0.